The number of halogens is 1. The topological polar surface area (TPSA) is 41.7 Å². The van der Waals surface area contributed by atoms with Gasteiger partial charge in [0.1, 0.15) is 5.75 Å². The first kappa shape index (κ1) is 16.6. The number of hydrogen-bond acceptors (Lipinski definition) is 4. The monoisotopic (exact) mass is 311 g/mol. The van der Waals surface area contributed by atoms with Crippen molar-refractivity contribution in [2.45, 2.75) is 25.4 Å². The van der Waals surface area contributed by atoms with Crippen LogP contribution >= 0.6 is 11.6 Å². The third-order valence-corrected chi connectivity index (χ3v) is 4.87. The van der Waals surface area contributed by atoms with E-state index in [4.69, 9.17) is 22.1 Å². The number of methoxy groups -OCH3 is 1. The lowest BCUT2D eigenvalue weighted by molar-refractivity contribution is 0.0180. The maximum Gasteiger partial charge on any atom is 0.137 e. The van der Waals surface area contributed by atoms with Crippen LogP contribution in [0, 0.1) is 0 Å². The summed E-state index contributed by atoms with van der Waals surface area (Å²) in [6.45, 7) is 8.19. The van der Waals surface area contributed by atoms with Gasteiger partial charge in [-0.3, -0.25) is 9.80 Å². The Morgan fingerprint density at radius 2 is 2.10 bits per heavy atom. The fourth-order valence-electron chi connectivity index (χ4n) is 2.93. The lowest BCUT2D eigenvalue weighted by atomic mass is 9.96. The third kappa shape index (κ3) is 3.51. The van der Waals surface area contributed by atoms with Gasteiger partial charge in [0.05, 0.1) is 12.1 Å². The van der Waals surface area contributed by atoms with Crippen molar-refractivity contribution in [3.8, 4) is 5.75 Å². The van der Waals surface area contributed by atoms with E-state index in [1.54, 1.807) is 7.11 Å². The van der Waals surface area contributed by atoms with E-state index in [0.29, 0.717) is 17.3 Å². The van der Waals surface area contributed by atoms with Crippen LogP contribution in [0.25, 0.3) is 0 Å². The Hall–Kier alpha value is -0.810. The lowest BCUT2D eigenvalue weighted by Crippen LogP contribution is -2.58. The molecule has 0 bridgehead atoms. The van der Waals surface area contributed by atoms with E-state index in [9.17, 15) is 0 Å². The van der Waals surface area contributed by atoms with E-state index in [2.05, 4.69) is 36.8 Å². The van der Waals surface area contributed by atoms with Crippen molar-refractivity contribution in [3.63, 3.8) is 0 Å². The summed E-state index contributed by atoms with van der Waals surface area (Å²) in [5.41, 5.74) is 7.36. The maximum atomic E-state index is 6.26. The number of nitrogens with zero attached hydrogens (tertiary/aromatic N) is 2. The SMILES string of the molecule is COc1ccc(C(CN)N2CCN(C)C(C)(C)C2)cc1Cl. The van der Waals surface area contributed by atoms with E-state index in [1.165, 1.54) is 0 Å². The van der Waals surface area contributed by atoms with Crippen molar-refractivity contribution in [2.24, 2.45) is 5.73 Å². The Kier molecular flexibility index (Phi) is 5.15. The lowest BCUT2D eigenvalue weighted by Gasteiger charge is -2.48. The predicted octanol–water partition coefficient (Wildman–Crippen LogP) is 2.37. The molecule has 4 nitrogen and oxygen atoms in total. The smallest absolute Gasteiger partial charge is 0.137 e. The molecule has 118 valence electrons. The molecule has 0 spiro atoms. The molecule has 1 heterocycles. The second-order valence-electron chi connectivity index (χ2n) is 6.35. The van der Waals surface area contributed by atoms with Crippen LogP contribution in [0.2, 0.25) is 5.02 Å². The second-order valence-corrected chi connectivity index (χ2v) is 6.76. The van der Waals surface area contributed by atoms with E-state index >= 15 is 0 Å². The molecule has 1 aliphatic rings. The molecule has 1 saturated heterocycles. The minimum absolute atomic E-state index is 0.155. The summed E-state index contributed by atoms with van der Waals surface area (Å²) in [5, 5.41) is 0.641. The summed E-state index contributed by atoms with van der Waals surface area (Å²) in [4.78, 5) is 4.86. The second kappa shape index (κ2) is 6.53. The van der Waals surface area contributed by atoms with Gasteiger partial charge in [0.2, 0.25) is 0 Å². The third-order valence-electron chi connectivity index (χ3n) is 4.57. The number of rotatable bonds is 4. The van der Waals surface area contributed by atoms with Gasteiger partial charge in [-0.15, -0.1) is 0 Å². The summed E-state index contributed by atoms with van der Waals surface area (Å²) in [6.07, 6.45) is 0. The van der Waals surface area contributed by atoms with Gasteiger partial charge in [0.15, 0.2) is 0 Å². The highest BCUT2D eigenvalue weighted by Gasteiger charge is 2.34. The molecule has 1 atom stereocenters. The van der Waals surface area contributed by atoms with E-state index in [0.717, 1.165) is 25.2 Å². The fraction of sp³-hybridized carbons (Fsp3) is 0.625. The van der Waals surface area contributed by atoms with Crippen molar-refractivity contribution < 1.29 is 4.74 Å². The predicted molar refractivity (Wildman–Crippen MR) is 88.1 cm³/mol. The molecule has 1 aromatic carbocycles. The molecule has 1 aromatic rings. The zero-order chi connectivity index (χ0) is 15.6. The van der Waals surface area contributed by atoms with Gasteiger partial charge >= 0.3 is 0 Å². The quantitative estimate of drug-likeness (QED) is 0.927. The average molecular weight is 312 g/mol. The van der Waals surface area contributed by atoms with Gasteiger partial charge in [0, 0.05) is 37.8 Å². The zero-order valence-corrected chi connectivity index (χ0v) is 14.2. The standard InChI is InChI=1S/C16H26ClN3O/c1-16(2)11-20(8-7-19(16)3)14(10-18)12-5-6-15(21-4)13(17)9-12/h5-6,9,14H,7-8,10-11,18H2,1-4H3. The zero-order valence-electron chi connectivity index (χ0n) is 13.4. The summed E-state index contributed by atoms with van der Waals surface area (Å²) in [7, 11) is 3.81. The summed E-state index contributed by atoms with van der Waals surface area (Å²) >= 11 is 6.26. The van der Waals surface area contributed by atoms with Crippen molar-refractivity contribution in [3.05, 3.63) is 28.8 Å². The summed E-state index contributed by atoms with van der Waals surface area (Å²) in [6, 6.07) is 6.15. The molecule has 0 aliphatic carbocycles. The molecule has 2 rings (SSSR count). The highest BCUT2D eigenvalue weighted by Crippen LogP contribution is 2.31. The minimum Gasteiger partial charge on any atom is -0.495 e. The van der Waals surface area contributed by atoms with E-state index in [1.807, 2.05) is 12.1 Å². The van der Waals surface area contributed by atoms with E-state index < -0.39 is 0 Å². The molecule has 1 unspecified atom stereocenters. The summed E-state index contributed by atoms with van der Waals surface area (Å²) < 4.78 is 5.22. The van der Waals surface area contributed by atoms with Gasteiger partial charge in [-0.25, -0.2) is 0 Å². The normalized spacial score (nSPS) is 21.2. The molecule has 0 saturated carbocycles. The Balaban J connectivity index is 2.22. The Morgan fingerprint density at radius 1 is 1.38 bits per heavy atom. The molecular formula is C16H26ClN3O. The minimum atomic E-state index is 0.155. The highest BCUT2D eigenvalue weighted by atomic mass is 35.5. The Morgan fingerprint density at radius 3 is 2.62 bits per heavy atom. The van der Waals surface area contributed by atoms with Crippen molar-refractivity contribution in [2.75, 3.05) is 40.3 Å². The van der Waals surface area contributed by atoms with Crippen LogP contribution < -0.4 is 10.5 Å². The van der Waals surface area contributed by atoms with Crippen LogP contribution in [-0.2, 0) is 0 Å². The van der Waals surface area contributed by atoms with Crippen LogP contribution in [0.4, 0.5) is 0 Å². The van der Waals surface area contributed by atoms with Gasteiger partial charge in [-0.1, -0.05) is 17.7 Å². The van der Waals surface area contributed by atoms with E-state index in [-0.39, 0.29) is 11.6 Å². The average Bonchev–Trinajstić information content (AvgIpc) is 2.43. The van der Waals surface area contributed by atoms with Crippen LogP contribution in [0.1, 0.15) is 25.5 Å². The molecule has 0 amide bonds. The molecular weight excluding hydrogens is 286 g/mol. The van der Waals surface area contributed by atoms with Crippen LogP contribution in [0.3, 0.4) is 0 Å². The number of nitrogens with two attached hydrogens (primary N) is 1. The first-order valence-corrected chi connectivity index (χ1v) is 7.75. The van der Waals surface area contributed by atoms with Crippen LogP contribution in [0.5, 0.6) is 5.75 Å². The fourth-order valence-corrected chi connectivity index (χ4v) is 3.20. The summed E-state index contributed by atoms with van der Waals surface area (Å²) in [5.74, 6) is 0.704. The highest BCUT2D eigenvalue weighted by molar-refractivity contribution is 6.32. The first-order chi connectivity index (χ1) is 9.89. The number of likely N-dealkylation sites (N-methyl/N-ethyl adjacent to an activating group) is 1. The molecule has 2 N–H and O–H groups in total. The molecule has 0 radical (unpaired) electrons. The van der Waals surface area contributed by atoms with Gasteiger partial charge < -0.3 is 10.5 Å². The van der Waals surface area contributed by atoms with Gasteiger partial charge in [-0.2, -0.15) is 0 Å². The number of piperazine rings is 1. The molecule has 21 heavy (non-hydrogen) atoms. The maximum absolute atomic E-state index is 6.26. The van der Waals surface area contributed by atoms with Gasteiger partial charge in [-0.05, 0) is 38.6 Å². The Bertz CT molecular complexity index is 492. The number of benzene rings is 1. The van der Waals surface area contributed by atoms with Crippen molar-refractivity contribution >= 4 is 11.6 Å². The van der Waals surface area contributed by atoms with Crippen LogP contribution in [0.15, 0.2) is 18.2 Å². The van der Waals surface area contributed by atoms with Crippen LogP contribution in [-0.4, -0.2) is 55.7 Å². The number of ether oxygens (including phenoxy) is 1. The Labute approximate surface area is 132 Å². The number of hydrogen-bond donors (Lipinski definition) is 1. The molecule has 1 aliphatic heterocycles. The molecule has 1 fully saturated rings. The molecule has 0 aromatic heterocycles. The van der Waals surface area contributed by atoms with Crippen molar-refractivity contribution in [1.82, 2.24) is 9.80 Å². The molecule has 5 heteroatoms. The van der Waals surface area contributed by atoms with Gasteiger partial charge in [0.25, 0.3) is 0 Å². The van der Waals surface area contributed by atoms with Crippen molar-refractivity contribution in [1.29, 1.82) is 0 Å². The first-order valence-electron chi connectivity index (χ1n) is 7.38. The largest absolute Gasteiger partial charge is 0.495 e.